The zero-order valence-electron chi connectivity index (χ0n) is 12.7. The van der Waals surface area contributed by atoms with E-state index in [1.54, 1.807) is 24.2 Å². The number of aromatic amines is 1. The lowest BCUT2D eigenvalue weighted by atomic mass is 9.96. The number of aromatic nitrogens is 2. The van der Waals surface area contributed by atoms with Crippen LogP contribution in [0.25, 0.3) is 0 Å². The molecule has 2 atom stereocenters. The van der Waals surface area contributed by atoms with Crippen LogP contribution in [0.5, 0.6) is 0 Å². The fourth-order valence-corrected chi connectivity index (χ4v) is 3.10. The zero-order chi connectivity index (χ0) is 15.0. The van der Waals surface area contributed by atoms with E-state index in [1.807, 2.05) is 13.8 Å². The maximum absolute atomic E-state index is 12.2. The van der Waals surface area contributed by atoms with E-state index in [-0.39, 0.29) is 11.2 Å². The minimum Gasteiger partial charge on any atom is -0.465 e. The Morgan fingerprint density at radius 1 is 1.60 bits per heavy atom. The lowest BCUT2D eigenvalue weighted by Gasteiger charge is -2.30. The normalized spacial score (nSPS) is 15.6. The lowest BCUT2D eigenvalue weighted by Crippen LogP contribution is -2.52. The van der Waals surface area contributed by atoms with Crippen LogP contribution in [-0.4, -0.2) is 39.9 Å². The van der Waals surface area contributed by atoms with Gasteiger partial charge in [-0.3, -0.25) is 4.79 Å². The van der Waals surface area contributed by atoms with Gasteiger partial charge in [0.25, 0.3) is 0 Å². The summed E-state index contributed by atoms with van der Waals surface area (Å²) >= 11 is 1.63. The van der Waals surface area contributed by atoms with E-state index in [2.05, 4.69) is 29.1 Å². The second kappa shape index (κ2) is 8.32. The summed E-state index contributed by atoms with van der Waals surface area (Å²) in [6, 6.07) is 0. The van der Waals surface area contributed by atoms with Crippen LogP contribution in [0.15, 0.2) is 17.6 Å². The van der Waals surface area contributed by atoms with Crippen LogP contribution in [-0.2, 0) is 9.53 Å². The van der Waals surface area contributed by atoms with Crippen molar-refractivity contribution in [3.8, 4) is 0 Å². The Kier molecular flexibility index (Phi) is 7.09. The molecule has 5 nitrogen and oxygen atoms in total. The summed E-state index contributed by atoms with van der Waals surface area (Å²) in [6.45, 7) is 9.13. The minimum absolute atomic E-state index is 0.180. The lowest BCUT2D eigenvalue weighted by molar-refractivity contribution is -0.150. The first-order valence-electron chi connectivity index (χ1n) is 7.10. The van der Waals surface area contributed by atoms with E-state index in [0.29, 0.717) is 13.0 Å². The molecule has 0 saturated heterocycles. The molecule has 0 bridgehead atoms. The van der Waals surface area contributed by atoms with Gasteiger partial charge in [0, 0.05) is 17.6 Å². The van der Waals surface area contributed by atoms with Gasteiger partial charge in [-0.15, -0.1) is 0 Å². The van der Waals surface area contributed by atoms with Gasteiger partial charge in [-0.25, -0.2) is 4.98 Å². The van der Waals surface area contributed by atoms with Crippen molar-refractivity contribution >= 4 is 17.7 Å². The van der Waals surface area contributed by atoms with Crippen molar-refractivity contribution in [1.82, 2.24) is 15.3 Å². The largest absolute Gasteiger partial charge is 0.465 e. The number of hydrogen-bond donors (Lipinski definition) is 2. The fourth-order valence-electron chi connectivity index (χ4n) is 2.04. The molecule has 0 aliphatic rings. The van der Waals surface area contributed by atoms with Crippen molar-refractivity contribution in [2.45, 2.75) is 56.5 Å². The average molecular weight is 299 g/mol. The number of rotatable bonds is 9. The van der Waals surface area contributed by atoms with Gasteiger partial charge in [0.05, 0.1) is 6.61 Å². The Morgan fingerprint density at radius 2 is 2.35 bits per heavy atom. The molecule has 2 N–H and O–H groups in total. The number of H-pyrrole nitrogens is 1. The van der Waals surface area contributed by atoms with Crippen LogP contribution < -0.4 is 5.32 Å². The SMILES string of the molecule is CCCNC(C)(CC(C)Sc1ncc[nH]1)C(=O)OCC. The molecule has 0 saturated carbocycles. The van der Waals surface area contributed by atoms with E-state index < -0.39 is 5.54 Å². The molecule has 6 heteroatoms. The number of imidazole rings is 1. The highest BCUT2D eigenvalue weighted by molar-refractivity contribution is 7.99. The molecule has 0 aromatic carbocycles. The average Bonchev–Trinajstić information content (AvgIpc) is 2.89. The topological polar surface area (TPSA) is 67.0 Å². The third-order valence-electron chi connectivity index (χ3n) is 2.97. The Morgan fingerprint density at radius 3 is 2.90 bits per heavy atom. The van der Waals surface area contributed by atoms with E-state index in [0.717, 1.165) is 18.1 Å². The quantitative estimate of drug-likeness (QED) is 0.542. The van der Waals surface area contributed by atoms with Crippen molar-refractivity contribution < 1.29 is 9.53 Å². The molecular formula is C14H25N3O2S. The summed E-state index contributed by atoms with van der Waals surface area (Å²) in [5.41, 5.74) is -0.648. The van der Waals surface area contributed by atoms with Crippen molar-refractivity contribution in [3.05, 3.63) is 12.4 Å². The maximum atomic E-state index is 12.2. The van der Waals surface area contributed by atoms with E-state index in [4.69, 9.17) is 4.74 Å². The van der Waals surface area contributed by atoms with Crippen molar-refractivity contribution in [1.29, 1.82) is 0 Å². The highest BCUT2D eigenvalue weighted by Gasteiger charge is 2.35. The Labute approximate surface area is 125 Å². The molecule has 1 aromatic heterocycles. The first-order chi connectivity index (χ1) is 9.51. The van der Waals surface area contributed by atoms with Crippen molar-refractivity contribution in [3.63, 3.8) is 0 Å². The van der Waals surface area contributed by atoms with Gasteiger partial charge >= 0.3 is 5.97 Å². The molecule has 0 fully saturated rings. The summed E-state index contributed by atoms with van der Waals surface area (Å²) in [7, 11) is 0. The van der Waals surface area contributed by atoms with Crippen molar-refractivity contribution in [2.75, 3.05) is 13.2 Å². The zero-order valence-corrected chi connectivity index (χ0v) is 13.5. The number of nitrogens with zero attached hydrogens (tertiary/aromatic N) is 1. The van der Waals surface area contributed by atoms with Gasteiger partial charge < -0.3 is 15.0 Å². The first-order valence-corrected chi connectivity index (χ1v) is 7.98. The Bertz CT molecular complexity index is 397. The van der Waals surface area contributed by atoms with Crippen molar-refractivity contribution in [2.24, 2.45) is 0 Å². The Balaban J connectivity index is 2.64. The molecule has 1 rings (SSSR count). The fraction of sp³-hybridized carbons (Fsp3) is 0.714. The number of nitrogens with one attached hydrogen (secondary N) is 2. The number of carbonyl (C=O) groups is 1. The predicted octanol–water partition coefficient (Wildman–Crippen LogP) is 2.60. The van der Waals surface area contributed by atoms with E-state index in [9.17, 15) is 4.79 Å². The predicted molar refractivity (Wildman–Crippen MR) is 81.9 cm³/mol. The summed E-state index contributed by atoms with van der Waals surface area (Å²) in [5, 5.41) is 4.45. The number of thioether (sulfide) groups is 1. The molecule has 114 valence electrons. The van der Waals surface area contributed by atoms with Gasteiger partial charge in [-0.2, -0.15) is 0 Å². The third-order valence-corrected chi connectivity index (χ3v) is 3.99. The first kappa shape index (κ1) is 17.0. The Hall–Kier alpha value is -1.01. The molecule has 0 radical (unpaired) electrons. The molecule has 0 amide bonds. The summed E-state index contributed by atoms with van der Waals surface area (Å²) in [5.74, 6) is -0.180. The number of ether oxygens (including phenoxy) is 1. The molecule has 20 heavy (non-hydrogen) atoms. The molecule has 0 aliphatic heterocycles. The van der Waals surface area contributed by atoms with Crippen LogP contribution in [0, 0.1) is 0 Å². The van der Waals surface area contributed by atoms with Crippen LogP contribution in [0.2, 0.25) is 0 Å². The van der Waals surface area contributed by atoms with Crippen LogP contribution in [0.3, 0.4) is 0 Å². The monoisotopic (exact) mass is 299 g/mol. The number of esters is 1. The second-order valence-electron chi connectivity index (χ2n) is 5.01. The van der Waals surface area contributed by atoms with Crippen LogP contribution in [0.1, 0.15) is 40.5 Å². The van der Waals surface area contributed by atoms with Gasteiger partial charge in [-0.1, -0.05) is 25.6 Å². The smallest absolute Gasteiger partial charge is 0.326 e. The van der Waals surface area contributed by atoms with Crippen LogP contribution >= 0.6 is 11.8 Å². The molecule has 2 unspecified atom stereocenters. The van der Waals surface area contributed by atoms with Gasteiger partial charge in [0.1, 0.15) is 5.54 Å². The van der Waals surface area contributed by atoms with Gasteiger partial charge in [0.15, 0.2) is 5.16 Å². The number of hydrogen-bond acceptors (Lipinski definition) is 5. The number of carbonyl (C=O) groups excluding carboxylic acids is 1. The standard InChI is InChI=1S/C14H25N3O2S/c1-5-7-17-14(4,12(18)19-6-2)10-11(3)20-13-15-8-9-16-13/h8-9,11,17H,5-7,10H2,1-4H3,(H,15,16). The van der Waals surface area contributed by atoms with E-state index >= 15 is 0 Å². The summed E-state index contributed by atoms with van der Waals surface area (Å²) in [6.07, 6.45) is 5.20. The highest BCUT2D eigenvalue weighted by atomic mass is 32.2. The van der Waals surface area contributed by atoms with E-state index in [1.165, 1.54) is 0 Å². The summed E-state index contributed by atoms with van der Waals surface area (Å²) < 4.78 is 5.21. The van der Waals surface area contributed by atoms with Crippen LogP contribution in [0.4, 0.5) is 0 Å². The molecule has 1 heterocycles. The third kappa shape index (κ3) is 5.17. The molecule has 1 aromatic rings. The molecular weight excluding hydrogens is 274 g/mol. The minimum atomic E-state index is -0.648. The highest BCUT2D eigenvalue weighted by Crippen LogP contribution is 2.27. The van der Waals surface area contributed by atoms with Gasteiger partial charge in [-0.05, 0) is 33.2 Å². The summed E-state index contributed by atoms with van der Waals surface area (Å²) in [4.78, 5) is 19.5. The maximum Gasteiger partial charge on any atom is 0.326 e. The van der Waals surface area contributed by atoms with Gasteiger partial charge in [0.2, 0.25) is 0 Å². The molecule has 0 spiro atoms. The second-order valence-corrected chi connectivity index (χ2v) is 6.43. The molecule has 0 aliphatic carbocycles.